The van der Waals surface area contributed by atoms with E-state index in [4.69, 9.17) is 4.42 Å². The standard InChI is InChI=1S/C24H21N3O3/c1-15-8-6-7-11-21(15)27-23(29)20-12-19-17(14-28)13-25-16(2)22(19)30-24(20)26-18-9-4-3-5-10-18/h3-13,28H,14H2,1-2H3,(H,27,29). The fourth-order valence-corrected chi connectivity index (χ4v) is 3.18. The van der Waals surface area contributed by atoms with Gasteiger partial charge in [-0.3, -0.25) is 9.78 Å². The van der Waals surface area contributed by atoms with Gasteiger partial charge in [0, 0.05) is 22.8 Å². The Morgan fingerprint density at radius 1 is 1.10 bits per heavy atom. The van der Waals surface area contributed by atoms with Crippen molar-refractivity contribution in [2.75, 3.05) is 5.32 Å². The highest BCUT2D eigenvalue weighted by Crippen LogP contribution is 2.22. The monoisotopic (exact) mass is 399 g/mol. The molecular weight excluding hydrogens is 378 g/mol. The van der Waals surface area contributed by atoms with E-state index < -0.39 is 0 Å². The maximum atomic E-state index is 13.2. The van der Waals surface area contributed by atoms with E-state index in [1.165, 1.54) is 0 Å². The van der Waals surface area contributed by atoms with Gasteiger partial charge < -0.3 is 14.8 Å². The van der Waals surface area contributed by atoms with Gasteiger partial charge in [-0.15, -0.1) is 0 Å². The normalized spacial score (nSPS) is 11.6. The Bertz CT molecular complexity index is 1290. The fraction of sp³-hybridized carbons (Fsp3) is 0.125. The third-order valence-corrected chi connectivity index (χ3v) is 4.85. The summed E-state index contributed by atoms with van der Waals surface area (Å²) in [4.78, 5) is 22.0. The number of amides is 1. The predicted molar refractivity (Wildman–Crippen MR) is 115 cm³/mol. The molecule has 0 aliphatic heterocycles. The summed E-state index contributed by atoms with van der Waals surface area (Å²) in [6.45, 7) is 3.52. The SMILES string of the molecule is Cc1ccccc1NC(=O)c1cc2c(CO)cnc(C)c2oc1=Nc1ccccc1. The number of carbonyl (C=O) groups is 1. The Hall–Kier alpha value is -3.77. The zero-order valence-corrected chi connectivity index (χ0v) is 16.7. The molecule has 2 heterocycles. The van der Waals surface area contributed by atoms with Gasteiger partial charge in [0.25, 0.3) is 5.91 Å². The van der Waals surface area contributed by atoms with Gasteiger partial charge in [0.2, 0.25) is 5.55 Å². The van der Waals surface area contributed by atoms with Crippen molar-refractivity contribution in [2.24, 2.45) is 4.99 Å². The number of fused-ring (bicyclic) bond motifs is 1. The third kappa shape index (κ3) is 3.86. The number of nitrogens with zero attached hydrogens (tertiary/aromatic N) is 2. The van der Waals surface area contributed by atoms with Crippen LogP contribution in [0.1, 0.15) is 27.2 Å². The van der Waals surface area contributed by atoms with E-state index in [-0.39, 0.29) is 23.6 Å². The molecule has 0 saturated carbocycles. The molecule has 0 atom stereocenters. The average Bonchev–Trinajstić information content (AvgIpc) is 2.76. The molecule has 2 N–H and O–H groups in total. The van der Waals surface area contributed by atoms with Gasteiger partial charge in [-0.05, 0) is 43.7 Å². The lowest BCUT2D eigenvalue weighted by Crippen LogP contribution is -2.22. The number of hydrogen-bond acceptors (Lipinski definition) is 5. The summed E-state index contributed by atoms with van der Waals surface area (Å²) in [6, 6.07) is 18.5. The van der Waals surface area contributed by atoms with Crippen LogP contribution in [0.15, 0.2) is 76.3 Å². The quantitative estimate of drug-likeness (QED) is 0.532. The van der Waals surface area contributed by atoms with Crippen molar-refractivity contribution >= 4 is 28.3 Å². The summed E-state index contributed by atoms with van der Waals surface area (Å²) in [5.41, 5.74) is 4.49. The number of rotatable bonds is 4. The first-order chi connectivity index (χ1) is 14.6. The van der Waals surface area contributed by atoms with Gasteiger partial charge in [-0.25, -0.2) is 4.99 Å². The van der Waals surface area contributed by atoms with E-state index in [1.807, 2.05) is 68.4 Å². The number of aromatic nitrogens is 1. The van der Waals surface area contributed by atoms with Crippen LogP contribution < -0.4 is 10.9 Å². The smallest absolute Gasteiger partial charge is 0.261 e. The molecule has 0 spiro atoms. The highest BCUT2D eigenvalue weighted by atomic mass is 16.3. The summed E-state index contributed by atoms with van der Waals surface area (Å²) in [6.07, 6.45) is 1.59. The van der Waals surface area contributed by atoms with Crippen LogP contribution in [0.4, 0.5) is 11.4 Å². The predicted octanol–water partition coefficient (Wildman–Crippen LogP) is 4.42. The topological polar surface area (TPSA) is 87.7 Å². The lowest BCUT2D eigenvalue weighted by atomic mass is 10.1. The van der Waals surface area contributed by atoms with Crippen LogP contribution in [-0.4, -0.2) is 16.0 Å². The molecule has 0 fully saturated rings. The lowest BCUT2D eigenvalue weighted by Gasteiger charge is -2.11. The number of anilines is 1. The van der Waals surface area contributed by atoms with Crippen molar-refractivity contribution in [1.29, 1.82) is 0 Å². The van der Waals surface area contributed by atoms with Crippen molar-refractivity contribution in [3.05, 3.63) is 94.8 Å². The molecule has 2 aromatic carbocycles. The Kier molecular flexibility index (Phi) is 5.41. The summed E-state index contributed by atoms with van der Waals surface area (Å²) in [7, 11) is 0. The zero-order chi connectivity index (χ0) is 21.1. The summed E-state index contributed by atoms with van der Waals surface area (Å²) in [5, 5.41) is 13.3. The second-order valence-corrected chi connectivity index (χ2v) is 6.95. The maximum absolute atomic E-state index is 13.2. The zero-order valence-electron chi connectivity index (χ0n) is 16.7. The molecule has 0 unspecified atom stereocenters. The number of nitrogens with one attached hydrogen (secondary N) is 1. The lowest BCUT2D eigenvalue weighted by molar-refractivity contribution is 0.102. The van der Waals surface area contributed by atoms with Gasteiger partial charge in [0.05, 0.1) is 18.0 Å². The molecule has 0 bridgehead atoms. The van der Waals surface area contributed by atoms with Gasteiger partial charge in [-0.1, -0.05) is 36.4 Å². The van der Waals surface area contributed by atoms with Gasteiger partial charge in [-0.2, -0.15) is 0 Å². The fourth-order valence-electron chi connectivity index (χ4n) is 3.18. The number of aliphatic hydroxyl groups excluding tert-OH is 1. The van der Waals surface area contributed by atoms with Crippen LogP contribution in [-0.2, 0) is 6.61 Å². The Morgan fingerprint density at radius 2 is 1.83 bits per heavy atom. The molecule has 0 saturated heterocycles. The maximum Gasteiger partial charge on any atom is 0.261 e. The molecule has 0 aliphatic carbocycles. The van der Waals surface area contributed by atoms with Crippen LogP contribution in [0, 0.1) is 13.8 Å². The van der Waals surface area contributed by atoms with Crippen molar-refractivity contribution < 1.29 is 14.3 Å². The molecule has 6 heteroatoms. The molecule has 6 nitrogen and oxygen atoms in total. The van der Waals surface area contributed by atoms with Crippen molar-refractivity contribution in [2.45, 2.75) is 20.5 Å². The molecular formula is C24H21N3O3. The molecule has 30 heavy (non-hydrogen) atoms. The molecule has 4 rings (SSSR count). The van der Waals surface area contributed by atoms with E-state index in [2.05, 4.69) is 15.3 Å². The van der Waals surface area contributed by atoms with Crippen molar-refractivity contribution in [3.63, 3.8) is 0 Å². The second kappa shape index (κ2) is 8.31. The second-order valence-electron chi connectivity index (χ2n) is 6.95. The summed E-state index contributed by atoms with van der Waals surface area (Å²) < 4.78 is 6.06. The van der Waals surface area contributed by atoms with Gasteiger partial charge in [0.15, 0.2) is 5.58 Å². The number of aliphatic hydroxyl groups is 1. The minimum atomic E-state index is -0.344. The third-order valence-electron chi connectivity index (χ3n) is 4.85. The number of pyridine rings is 1. The van der Waals surface area contributed by atoms with E-state index in [0.717, 1.165) is 5.56 Å². The molecule has 1 amide bonds. The highest BCUT2D eigenvalue weighted by Gasteiger charge is 2.17. The average molecular weight is 399 g/mol. The molecule has 0 aliphatic rings. The number of benzene rings is 2. The molecule has 0 radical (unpaired) electrons. The highest BCUT2D eigenvalue weighted by molar-refractivity contribution is 6.06. The first kappa shape index (κ1) is 19.5. The van der Waals surface area contributed by atoms with Crippen molar-refractivity contribution in [3.8, 4) is 0 Å². The van der Waals surface area contributed by atoms with E-state index in [9.17, 15) is 9.90 Å². The Balaban J connectivity index is 1.93. The Morgan fingerprint density at radius 3 is 2.57 bits per heavy atom. The minimum absolute atomic E-state index is 0.180. The Labute approximate surface area is 173 Å². The van der Waals surface area contributed by atoms with Crippen LogP contribution in [0.3, 0.4) is 0 Å². The first-order valence-corrected chi connectivity index (χ1v) is 9.57. The number of hydrogen-bond donors (Lipinski definition) is 2. The van der Waals surface area contributed by atoms with Crippen LogP contribution in [0.25, 0.3) is 11.0 Å². The van der Waals surface area contributed by atoms with Crippen LogP contribution in [0.5, 0.6) is 0 Å². The van der Waals surface area contributed by atoms with Gasteiger partial charge in [0.1, 0.15) is 5.56 Å². The largest absolute Gasteiger partial charge is 0.436 e. The summed E-state index contributed by atoms with van der Waals surface area (Å²) >= 11 is 0. The van der Waals surface area contributed by atoms with Crippen LogP contribution >= 0.6 is 0 Å². The first-order valence-electron chi connectivity index (χ1n) is 9.57. The molecule has 2 aromatic heterocycles. The number of para-hydroxylation sites is 2. The van der Waals surface area contributed by atoms with Crippen molar-refractivity contribution in [1.82, 2.24) is 4.98 Å². The van der Waals surface area contributed by atoms with E-state index >= 15 is 0 Å². The molecule has 4 aromatic rings. The molecule has 150 valence electrons. The number of carbonyl (C=O) groups excluding carboxylic acids is 1. The van der Waals surface area contributed by atoms with E-state index in [0.29, 0.717) is 33.6 Å². The van der Waals surface area contributed by atoms with Gasteiger partial charge >= 0.3 is 0 Å². The summed E-state index contributed by atoms with van der Waals surface area (Å²) in [5.74, 6) is -0.344. The number of aryl methyl sites for hydroxylation is 2. The minimum Gasteiger partial charge on any atom is -0.436 e. The van der Waals surface area contributed by atoms with Crippen LogP contribution in [0.2, 0.25) is 0 Å². The van der Waals surface area contributed by atoms with E-state index in [1.54, 1.807) is 12.3 Å².